The molecule has 1 aromatic heterocycles. The van der Waals surface area contributed by atoms with Crippen molar-refractivity contribution in [3.05, 3.63) is 23.4 Å². The smallest absolute Gasteiger partial charge is 0.280 e. The van der Waals surface area contributed by atoms with E-state index in [0.29, 0.717) is 5.56 Å². The van der Waals surface area contributed by atoms with E-state index < -0.39 is 6.43 Å². The minimum Gasteiger partial charge on any atom is -0.384 e. The Morgan fingerprint density at radius 2 is 2.08 bits per heavy atom. The summed E-state index contributed by atoms with van der Waals surface area (Å²) < 4.78 is 24.2. The molecular weight excluding hydrogens is 164 g/mol. The molecule has 5 heteroatoms. The van der Waals surface area contributed by atoms with Crippen LogP contribution in [-0.2, 0) is 6.54 Å². The first-order chi connectivity index (χ1) is 5.63. The molecule has 0 aliphatic rings. The van der Waals surface area contributed by atoms with Crippen LogP contribution in [0, 0.1) is 0 Å². The third-order valence-electron chi connectivity index (χ3n) is 1.38. The topological polar surface area (TPSA) is 64.9 Å². The highest BCUT2D eigenvalue weighted by molar-refractivity contribution is 5.35. The molecule has 12 heavy (non-hydrogen) atoms. The van der Waals surface area contributed by atoms with E-state index in [4.69, 9.17) is 11.5 Å². The van der Waals surface area contributed by atoms with Gasteiger partial charge in [-0.2, -0.15) is 0 Å². The summed E-state index contributed by atoms with van der Waals surface area (Å²) in [5, 5.41) is 0. The van der Waals surface area contributed by atoms with Crippen LogP contribution >= 0.6 is 0 Å². The zero-order chi connectivity index (χ0) is 9.14. The van der Waals surface area contributed by atoms with Crippen molar-refractivity contribution in [1.82, 2.24) is 4.98 Å². The Labute approximate surface area is 68.4 Å². The molecule has 0 amide bonds. The van der Waals surface area contributed by atoms with E-state index in [1.54, 1.807) is 0 Å². The Morgan fingerprint density at radius 1 is 1.42 bits per heavy atom. The van der Waals surface area contributed by atoms with Crippen molar-refractivity contribution in [2.45, 2.75) is 13.0 Å². The molecule has 66 valence electrons. The fourth-order valence-corrected chi connectivity index (χ4v) is 0.865. The van der Waals surface area contributed by atoms with Gasteiger partial charge in [0.15, 0.2) is 0 Å². The molecule has 0 saturated heterocycles. The summed E-state index contributed by atoms with van der Waals surface area (Å²) in [5.41, 5.74) is 10.8. The Kier molecular flexibility index (Phi) is 2.54. The first kappa shape index (κ1) is 8.86. The number of alkyl halides is 2. The maximum atomic E-state index is 12.1. The predicted molar refractivity (Wildman–Crippen MR) is 41.5 cm³/mol. The van der Waals surface area contributed by atoms with Crippen LogP contribution in [0.5, 0.6) is 0 Å². The van der Waals surface area contributed by atoms with E-state index in [1.807, 2.05) is 0 Å². The number of hydrogen-bond donors (Lipinski definition) is 2. The van der Waals surface area contributed by atoms with E-state index >= 15 is 0 Å². The van der Waals surface area contributed by atoms with Crippen molar-refractivity contribution in [2.75, 3.05) is 5.73 Å². The van der Waals surface area contributed by atoms with Crippen LogP contribution < -0.4 is 11.5 Å². The molecule has 1 heterocycles. The lowest BCUT2D eigenvalue weighted by molar-refractivity contribution is 0.146. The third kappa shape index (κ3) is 1.88. The monoisotopic (exact) mass is 173 g/mol. The van der Waals surface area contributed by atoms with Crippen LogP contribution in [-0.4, -0.2) is 4.98 Å². The van der Waals surface area contributed by atoms with Gasteiger partial charge in [-0.05, 0) is 17.7 Å². The fourth-order valence-electron chi connectivity index (χ4n) is 0.865. The van der Waals surface area contributed by atoms with E-state index in [-0.39, 0.29) is 18.1 Å². The van der Waals surface area contributed by atoms with Gasteiger partial charge < -0.3 is 11.5 Å². The molecule has 4 N–H and O–H groups in total. The van der Waals surface area contributed by atoms with Gasteiger partial charge in [0.05, 0.1) is 0 Å². The largest absolute Gasteiger partial charge is 0.384 e. The first-order valence-corrected chi connectivity index (χ1v) is 3.38. The highest BCUT2D eigenvalue weighted by Crippen LogP contribution is 2.18. The standard InChI is InChI=1S/C7H9F2N3/c8-7(9)5-1-4(3-10)2-6(11)12-5/h1-2,7H,3,10H2,(H2,11,12). The minimum atomic E-state index is -2.60. The molecule has 0 bridgehead atoms. The zero-order valence-electron chi connectivity index (χ0n) is 6.30. The number of anilines is 1. The minimum absolute atomic E-state index is 0.0771. The van der Waals surface area contributed by atoms with Crippen molar-refractivity contribution < 1.29 is 8.78 Å². The van der Waals surface area contributed by atoms with Crippen LogP contribution in [0.4, 0.5) is 14.6 Å². The molecule has 0 fully saturated rings. The van der Waals surface area contributed by atoms with Gasteiger partial charge in [-0.1, -0.05) is 0 Å². The summed E-state index contributed by atoms with van der Waals surface area (Å²) in [4.78, 5) is 3.45. The van der Waals surface area contributed by atoms with Gasteiger partial charge in [0.2, 0.25) is 0 Å². The molecule has 0 unspecified atom stereocenters. The van der Waals surface area contributed by atoms with E-state index in [2.05, 4.69) is 4.98 Å². The normalized spacial score (nSPS) is 10.7. The van der Waals surface area contributed by atoms with Crippen molar-refractivity contribution in [1.29, 1.82) is 0 Å². The fraction of sp³-hybridized carbons (Fsp3) is 0.286. The van der Waals surface area contributed by atoms with Crippen molar-refractivity contribution in [2.24, 2.45) is 5.73 Å². The highest BCUT2D eigenvalue weighted by Gasteiger charge is 2.09. The molecule has 1 rings (SSSR count). The number of hydrogen-bond acceptors (Lipinski definition) is 3. The lowest BCUT2D eigenvalue weighted by atomic mass is 10.2. The molecule has 3 nitrogen and oxygen atoms in total. The summed E-state index contributed by atoms with van der Waals surface area (Å²) in [6, 6.07) is 2.73. The summed E-state index contributed by atoms with van der Waals surface area (Å²) in [6.07, 6.45) is -2.60. The second-order valence-electron chi connectivity index (χ2n) is 2.33. The van der Waals surface area contributed by atoms with Crippen LogP contribution in [0.25, 0.3) is 0 Å². The van der Waals surface area contributed by atoms with Crippen molar-refractivity contribution in [3.63, 3.8) is 0 Å². The molecule has 0 saturated carbocycles. The number of halogens is 2. The van der Waals surface area contributed by atoms with Gasteiger partial charge in [0, 0.05) is 6.54 Å². The van der Waals surface area contributed by atoms with Gasteiger partial charge in [0.25, 0.3) is 6.43 Å². The SMILES string of the molecule is NCc1cc(N)nc(C(F)F)c1. The van der Waals surface area contributed by atoms with Gasteiger partial charge in [0.1, 0.15) is 11.5 Å². The van der Waals surface area contributed by atoms with Crippen LogP contribution in [0.15, 0.2) is 12.1 Å². The average Bonchev–Trinajstić information content (AvgIpc) is 2.03. The van der Waals surface area contributed by atoms with E-state index in [1.165, 1.54) is 12.1 Å². The van der Waals surface area contributed by atoms with Crippen molar-refractivity contribution in [3.8, 4) is 0 Å². The van der Waals surface area contributed by atoms with Gasteiger partial charge in [-0.15, -0.1) is 0 Å². The lowest BCUT2D eigenvalue weighted by Crippen LogP contribution is -2.02. The number of nitrogen functional groups attached to an aromatic ring is 1. The second kappa shape index (κ2) is 3.44. The van der Waals surface area contributed by atoms with E-state index in [9.17, 15) is 8.78 Å². The van der Waals surface area contributed by atoms with Crippen LogP contribution in [0.2, 0.25) is 0 Å². The molecule has 0 aliphatic heterocycles. The second-order valence-corrected chi connectivity index (χ2v) is 2.33. The third-order valence-corrected chi connectivity index (χ3v) is 1.38. The summed E-state index contributed by atoms with van der Waals surface area (Å²) in [5.74, 6) is 0.0771. The predicted octanol–water partition coefficient (Wildman–Crippen LogP) is 1.06. The molecule has 0 spiro atoms. The highest BCUT2D eigenvalue weighted by atomic mass is 19.3. The Bertz CT molecular complexity index is 275. The molecule has 0 radical (unpaired) electrons. The van der Waals surface area contributed by atoms with Crippen LogP contribution in [0.1, 0.15) is 17.7 Å². The van der Waals surface area contributed by atoms with E-state index in [0.717, 1.165) is 0 Å². The van der Waals surface area contributed by atoms with Gasteiger partial charge in [-0.3, -0.25) is 0 Å². The van der Waals surface area contributed by atoms with Gasteiger partial charge >= 0.3 is 0 Å². The quantitative estimate of drug-likeness (QED) is 0.702. The number of aromatic nitrogens is 1. The molecular formula is C7H9F2N3. The van der Waals surface area contributed by atoms with Gasteiger partial charge in [-0.25, -0.2) is 13.8 Å². The summed E-state index contributed by atoms with van der Waals surface area (Å²) in [6.45, 7) is 0.187. The zero-order valence-corrected chi connectivity index (χ0v) is 6.30. The molecule has 0 atom stereocenters. The Morgan fingerprint density at radius 3 is 2.58 bits per heavy atom. The first-order valence-electron chi connectivity index (χ1n) is 3.38. The lowest BCUT2D eigenvalue weighted by Gasteiger charge is -2.03. The summed E-state index contributed by atoms with van der Waals surface area (Å²) in [7, 11) is 0. The molecule has 0 aromatic carbocycles. The molecule has 0 aliphatic carbocycles. The Balaban J connectivity index is 3.06. The number of pyridine rings is 1. The molecule has 1 aromatic rings. The maximum absolute atomic E-state index is 12.1. The maximum Gasteiger partial charge on any atom is 0.280 e. The average molecular weight is 173 g/mol. The van der Waals surface area contributed by atoms with Crippen molar-refractivity contribution >= 4 is 5.82 Å². The number of nitrogens with two attached hydrogens (primary N) is 2. The van der Waals surface area contributed by atoms with Crippen LogP contribution in [0.3, 0.4) is 0 Å². The Hall–Kier alpha value is -1.23. The summed E-state index contributed by atoms with van der Waals surface area (Å²) >= 11 is 0. The number of rotatable bonds is 2. The number of nitrogens with zero attached hydrogens (tertiary/aromatic N) is 1.